The van der Waals surface area contributed by atoms with Crippen LogP contribution < -0.4 is 11.1 Å². The Kier molecular flexibility index (Phi) is 6.09. The summed E-state index contributed by atoms with van der Waals surface area (Å²) in [6, 6.07) is 6.57. The zero-order valence-electron chi connectivity index (χ0n) is 11.6. The van der Waals surface area contributed by atoms with E-state index in [0.29, 0.717) is 0 Å². The van der Waals surface area contributed by atoms with Crippen molar-refractivity contribution in [2.45, 2.75) is 25.8 Å². The number of aryl methyl sites for hydroxylation is 1. The molecule has 3 N–H and O–H groups in total. The minimum atomic E-state index is 0.856. The Balaban J connectivity index is 0.000000160. The van der Waals surface area contributed by atoms with Crippen LogP contribution in [0.15, 0.2) is 58.7 Å². The monoisotopic (exact) mass is 332 g/mol. The van der Waals surface area contributed by atoms with E-state index in [1.54, 1.807) is 0 Å². The van der Waals surface area contributed by atoms with E-state index < -0.39 is 0 Å². The summed E-state index contributed by atoms with van der Waals surface area (Å²) in [5.41, 5.74) is 9.27. The molecule has 1 aromatic carbocycles. The third kappa shape index (κ3) is 4.99. The number of nitrogens with two attached hydrogens (primary N) is 1. The summed E-state index contributed by atoms with van der Waals surface area (Å²) in [5.74, 6) is 0. The molecular weight excluding hydrogens is 312 g/mol. The molecule has 20 heavy (non-hydrogen) atoms. The van der Waals surface area contributed by atoms with Crippen LogP contribution in [0.5, 0.6) is 0 Å². The van der Waals surface area contributed by atoms with Gasteiger partial charge in [0, 0.05) is 16.7 Å². The van der Waals surface area contributed by atoms with Crippen LogP contribution >= 0.6 is 15.9 Å². The highest BCUT2D eigenvalue weighted by Crippen LogP contribution is 2.19. The normalized spacial score (nSPS) is 17.1. The molecule has 0 bridgehead atoms. The lowest BCUT2D eigenvalue weighted by Crippen LogP contribution is -2.11. The summed E-state index contributed by atoms with van der Waals surface area (Å²) in [6.45, 7) is 2.17. The molecule has 0 fully saturated rings. The second-order valence-electron chi connectivity index (χ2n) is 4.92. The Bertz CT molecular complexity index is 527. The fraction of sp³-hybridized carbons (Fsp3) is 0.294. The van der Waals surface area contributed by atoms with Crippen molar-refractivity contribution in [2.75, 3.05) is 6.54 Å². The Morgan fingerprint density at radius 3 is 2.95 bits per heavy atom. The van der Waals surface area contributed by atoms with Gasteiger partial charge in [0.15, 0.2) is 0 Å². The summed E-state index contributed by atoms with van der Waals surface area (Å²) in [6.07, 6.45) is 13.3. The standard InChI is InChI=1S/C10H12BrN.C7H9N/c11-10-4-3-8-2-1-5-12-7-9(8)6-10;8-7-5-3-1-2-4-6-7/h3-4,6,12H,1-2,5,7H2;1-3,5-6H,4,8H2. The first-order valence-corrected chi connectivity index (χ1v) is 7.82. The zero-order valence-corrected chi connectivity index (χ0v) is 13.2. The first kappa shape index (κ1) is 15.1. The maximum Gasteiger partial charge on any atom is 0.0276 e. The van der Waals surface area contributed by atoms with Crippen LogP contribution in [-0.2, 0) is 13.0 Å². The molecule has 2 aliphatic rings. The smallest absolute Gasteiger partial charge is 0.0276 e. The predicted molar refractivity (Wildman–Crippen MR) is 89.3 cm³/mol. The average molecular weight is 333 g/mol. The molecule has 0 radical (unpaired) electrons. The van der Waals surface area contributed by atoms with Crippen molar-refractivity contribution in [3.8, 4) is 0 Å². The van der Waals surface area contributed by atoms with Crippen LogP contribution in [0.25, 0.3) is 0 Å². The largest absolute Gasteiger partial charge is 0.399 e. The van der Waals surface area contributed by atoms with Crippen molar-refractivity contribution >= 4 is 15.9 Å². The van der Waals surface area contributed by atoms with Crippen LogP contribution in [0, 0.1) is 0 Å². The third-order valence-corrected chi connectivity index (χ3v) is 3.80. The molecular formula is C17H21BrN2. The van der Waals surface area contributed by atoms with Gasteiger partial charge in [-0.25, -0.2) is 0 Å². The molecule has 1 heterocycles. The highest BCUT2D eigenvalue weighted by molar-refractivity contribution is 9.10. The van der Waals surface area contributed by atoms with Gasteiger partial charge in [-0.3, -0.25) is 0 Å². The SMILES string of the molecule is Brc1ccc2c(c1)CNCCC2.NC1=CCC=CC=C1. The summed E-state index contributed by atoms with van der Waals surface area (Å²) in [4.78, 5) is 0. The van der Waals surface area contributed by atoms with Crippen molar-refractivity contribution in [3.63, 3.8) is 0 Å². The van der Waals surface area contributed by atoms with Gasteiger partial charge in [-0.2, -0.15) is 0 Å². The van der Waals surface area contributed by atoms with E-state index in [4.69, 9.17) is 5.73 Å². The molecule has 3 heteroatoms. The molecule has 1 aliphatic heterocycles. The summed E-state index contributed by atoms with van der Waals surface area (Å²) >= 11 is 3.49. The second-order valence-corrected chi connectivity index (χ2v) is 5.84. The number of rotatable bonds is 0. The maximum atomic E-state index is 5.47. The summed E-state index contributed by atoms with van der Waals surface area (Å²) in [7, 11) is 0. The Labute approximate surface area is 129 Å². The Hall–Kier alpha value is -1.32. The fourth-order valence-corrected chi connectivity index (χ4v) is 2.63. The molecule has 3 rings (SSSR count). The van der Waals surface area contributed by atoms with Crippen molar-refractivity contribution < 1.29 is 0 Å². The van der Waals surface area contributed by atoms with Crippen LogP contribution in [0.1, 0.15) is 24.0 Å². The van der Waals surface area contributed by atoms with Gasteiger partial charge in [-0.15, -0.1) is 0 Å². The van der Waals surface area contributed by atoms with E-state index in [-0.39, 0.29) is 0 Å². The average Bonchev–Trinajstić information content (AvgIpc) is 2.81. The molecule has 0 saturated heterocycles. The highest BCUT2D eigenvalue weighted by atomic mass is 79.9. The van der Waals surface area contributed by atoms with Crippen molar-refractivity contribution in [1.29, 1.82) is 0 Å². The van der Waals surface area contributed by atoms with E-state index in [9.17, 15) is 0 Å². The maximum absolute atomic E-state index is 5.47. The third-order valence-electron chi connectivity index (χ3n) is 3.31. The van der Waals surface area contributed by atoms with E-state index in [1.807, 2.05) is 24.3 Å². The lowest BCUT2D eigenvalue weighted by Gasteiger charge is -2.04. The molecule has 0 aromatic heterocycles. The van der Waals surface area contributed by atoms with Gasteiger partial charge >= 0.3 is 0 Å². The van der Waals surface area contributed by atoms with E-state index in [0.717, 1.165) is 25.2 Å². The van der Waals surface area contributed by atoms with Crippen LogP contribution in [0.4, 0.5) is 0 Å². The number of nitrogens with one attached hydrogen (secondary N) is 1. The minimum Gasteiger partial charge on any atom is -0.399 e. The number of halogens is 1. The van der Waals surface area contributed by atoms with E-state index in [1.165, 1.54) is 28.4 Å². The first-order chi connectivity index (χ1) is 9.75. The lowest BCUT2D eigenvalue weighted by atomic mass is 10.0. The quantitative estimate of drug-likeness (QED) is 0.757. The van der Waals surface area contributed by atoms with Crippen molar-refractivity contribution in [3.05, 3.63) is 69.9 Å². The first-order valence-electron chi connectivity index (χ1n) is 7.02. The highest BCUT2D eigenvalue weighted by Gasteiger charge is 2.06. The summed E-state index contributed by atoms with van der Waals surface area (Å²) in [5, 5.41) is 3.41. The number of hydrogen-bond acceptors (Lipinski definition) is 2. The molecule has 106 valence electrons. The fourth-order valence-electron chi connectivity index (χ4n) is 2.23. The number of benzene rings is 1. The van der Waals surface area contributed by atoms with Crippen LogP contribution in [0.2, 0.25) is 0 Å². The van der Waals surface area contributed by atoms with Crippen molar-refractivity contribution in [1.82, 2.24) is 5.32 Å². The minimum absolute atomic E-state index is 0.856. The molecule has 0 saturated carbocycles. The Morgan fingerprint density at radius 2 is 2.05 bits per heavy atom. The summed E-state index contributed by atoms with van der Waals surface area (Å²) < 4.78 is 1.19. The van der Waals surface area contributed by atoms with Gasteiger partial charge in [0.2, 0.25) is 0 Å². The molecule has 1 aromatic rings. The topological polar surface area (TPSA) is 38.0 Å². The van der Waals surface area contributed by atoms with E-state index >= 15 is 0 Å². The van der Waals surface area contributed by atoms with Gasteiger partial charge in [0.1, 0.15) is 0 Å². The number of hydrogen-bond donors (Lipinski definition) is 2. The van der Waals surface area contributed by atoms with Crippen LogP contribution in [-0.4, -0.2) is 6.54 Å². The molecule has 0 atom stereocenters. The second kappa shape index (κ2) is 8.08. The molecule has 0 amide bonds. The molecule has 2 nitrogen and oxygen atoms in total. The lowest BCUT2D eigenvalue weighted by molar-refractivity contribution is 0.680. The Morgan fingerprint density at radius 1 is 1.15 bits per heavy atom. The predicted octanol–water partition coefficient (Wildman–Crippen LogP) is 3.83. The molecule has 0 spiro atoms. The van der Waals surface area contributed by atoms with Gasteiger partial charge in [0.05, 0.1) is 0 Å². The van der Waals surface area contributed by atoms with Crippen LogP contribution in [0.3, 0.4) is 0 Å². The van der Waals surface area contributed by atoms with Gasteiger partial charge < -0.3 is 11.1 Å². The number of allylic oxidation sites excluding steroid dienone is 5. The molecule has 0 unspecified atom stereocenters. The van der Waals surface area contributed by atoms with Gasteiger partial charge in [0.25, 0.3) is 0 Å². The van der Waals surface area contributed by atoms with Gasteiger partial charge in [-0.1, -0.05) is 46.3 Å². The van der Waals surface area contributed by atoms with Crippen molar-refractivity contribution in [2.24, 2.45) is 5.73 Å². The zero-order chi connectivity index (χ0) is 14.2. The van der Waals surface area contributed by atoms with E-state index in [2.05, 4.69) is 45.5 Å². The number of fused-ring (bicyclic) bond motifs is 1. The molecule has 1 aliphatic carbocycles. The van der Waals surface area contributed by atoms with Gasteiger partial charge in [-0.05, 0) is 55.1 Å².